The molecule has 0 radical (unpaired) electrons. The van der Waals surface area contributed by atoms with Gasteiger partial charge in [-0.1, -0.05) is 18.2 Å². The van der Waals surface area contributed by atoms with Crippen molar-refractivity contribution in [3.05, 3.63) is 83.3 Å². The van der Waals surface area contributed by atoms with Crippen LogP contribution in [0.3, 0.4) is 0 Å². The second-order valence-electron chi connectivity index (χ2n) is 7.61. The Hall–Kier alpha value is -4.20. The van der Waals surface area contributed by atoms with Crippen molar-refractivity contribution in [2.75, 3.05) is 11.1 Å². The summed E-state index contributed by atoms with van der Waals surface area (Å²) in [7, 11) is 0. The molecule has 2 aromatic carbocycles. The standard InChI is InChI=1S/C24H24N6O2/c1-15-10-20-19(8-9-26-23(20)25)16(2)21(15)12-27-24(32)17-11-28-30(13-17)14-22(31)29-18-6-4-3-5-7-18/h3-11,13H,12,14H2,1-2H3,(H2,25,26)(H,27,32)(H,29,31). The Morgan fingerprint density at radius 2 is 1.88 bits per heavy atom. The first-order valence-corrected chi connectivity index (χ1v) is 10.2. The Bertz CT molecular complexity index is 1300. The van der Waals surface area contributed by atoms with Crippen LogP contribution in [0.5, 0.6) is 0 Å². The molecule has 4 rings (SSSR count). The highest BCUT2D eigenvalue weighted by molar-refractivity contribution is 5.96. The van der Waals surface area contributed by atoms with E-state index < -0.39 is 0 Å². The molecule has 0 unspecified atom stereocenters. The minimum absolute atomic E-state index is 0.0144. The van der Waals surface area contributed by atoms with Gasteiger partial charge in [0.15, 0.2) is 0 Å². The Morgan fingerprint density at radius 1 is 1.09 bits per heavy atom. The van der Waals surface area contributed by atoms with Crippen molar-refractivity contribution in [3.63, 3.8) is 0 Å². The number of nitrogens with zero attached hydrogens (tertiary/aromatic N) is 3. The molecule has 0 fully saturated rings. The SMILES string of the molecule is Cc1cc2c(N)nccc2c(C)c1CNC(=O)c1cnn(CC(=O)Nc2ccccc2)c1. The summed E-state index contributed by atoms with van der Waals surface area (Å²) in [6.45, 7) is 4.39. The van der Waals surface area contributed by atoms with Gasteiger partial charge in [0.2, 0.25) is 5.91 Å². The van der Waals surface area contributed by atoms with Crippen LogP contribution in [-0.2, 0) is 17.9 Å². The monoisotopic (exact) mass is 428 g/mol. The number of nitrogen functional groups attached to an aromatic ring is 1. The van der Waals surface area contributed by atoms with Crippen molar-refractivity contribution >= 4 is 34.1 Å². The molecule has 0 aliphatic heterocycles. The predicted octanol–water partition coefficient (Wildman–Crippen LogP) is 3.20. The number of carbonyl (C=O) groups is 2. The Labute approximate surface area is 185 Å². The topological polar surface area (TPSA) is 115 Å². The zero-order chi connectivity index (χ0) is 22.7. The number of nitrogens with two attached hydrogens (primary N) is 1. The summed E-state index contributed by atoms with van der Waals surface area (Å²) in [4.78, 5) is 29.0. The first-order chi connectivity index (χ1) is 15.4. The lowest BCUT2D eigenvalue weighted by Crippen LogP contribution is -2.23. The number of amides is 2. The van der Waals surface area contributed by atoms with E-state index in [1.807, 2.05) is 56.3 Å². The van der Waals surface area contributed by atoms with E-state index in [1.165, 1.54) is 10.9 Å². The molecule has 162 valence electrons. The fourth-order valence-electron chi connectivity index (χ4n) is 3.71. The number of benzene rings is 2. The van der Waals surface area contributed by atoms with Crippen LogP contribution >= 0.6 is 0 Å². The normalized spacial score (nSPS) is 10.8. The zero-order valence-electron chi connectivity index (χ0n) is 17.9. The second kappa shape index (κ2) is 8.89. The number of aromatic nitrogens is 3. The molecular weight excluding hydrogens is 404 g/mol. The van der Waals surface area contributed by atoms with Gasteiger partial charge in [-0.3, -0.25) is 14.3 Å². The lowest BCUT2D eigenvalue weighted by molar-refractivity contribution is -0.116. The van der Waals surface area contributed by atoms with Gasteiger partial charge in [-0.15, -0.1) is 0 Å². The summed E-state index contributed by atoms with van der Waals surface area (Å²) in [6, 6.07) is 13.1. The van der Waals surface area contributed by atoms with Crippen molar-refractivity contribution in [1.29, 1.82) is 0 Å². The average molecular weight is 428 g/mol. The molecule has 0 spiro atoms. The number of hydrogen-bond donors (Lipinski definition) is 3. The largest absolute Gasteiger partial charge is 0.383 e. The van der Waals surface area contributed by atoms with E-state index in [0.717, 1.165) is 27.5 Å². The van der Waals surface area contributed by atoms with E-state index in [1.54, 1.807) is 12.4 Å². The number of hydrogen-bond acceptors (Lipinski definition) is 5. The average Bonchev–Trinajstić information content (AvgIpc) is 3.23. The summed E-state index contributed by atoms with van der Waals surface area (Å²) in [5.74, 6) is 0.0169. The molecule has 2 heterocycles. The molecule has 0 bridgehead atoms. The summed E-state index contributed by atoms with van der Waals surface area (Å²) in [5, 5.41) is 11.8. The van der Waals surface area contributed by atoms with E-state index >= 15 is 0 Å². The van der Waals surface area contributed by atoms with Crippen LogP contribution in [-0.4, -0.2) is 26.6 Å². The molecule has 2 aromatic heterocycles. The van der Waals surface area contributed by atoms with E-state index in [9.17, 15) is 9.59 Å². The third-order valence-corrected chi connectivity index (χ3v) is 5.40. The fourth-order valence-corrected chi connectivity index (χ4v) is 3.71. The molecule has 0 atom stereocenters. The van der Waals surface area contributed by atoms with Gasteiger partial charge < -0.3 is 16.4 Å². The van der Waals surface area contributed by atoms with Crippen LogP contribution in [0.25, 0.3) is 10.8 Å². The maximum Gasteiger partial charge on any atom is 0.254 e. The van der Waals surface area contributed by atoms with Crippen molar-refractivity contribution in [2.45, 2.75) is 26.9 Å². The number of pyridine rings is 1. The van der Waals surface area contributed by atoms with Crippen molar-refractivity contribution in [2.24, 2.45) is 0 Å². The number of carbonyl (C=O) groups excluding carboxylic acids is 2. The van der Waals surface area contributed by atoms with E-state index in [2.05, 4.69) is 20.7 Å². The minimum Gasteiger partial charge on any atom is -0.383 e. The fraction of sp³-hybridized carbons (Fsp3) is 0.167. The van der Waals surface area contributed by atoms with Gasteiger partial charge in [0.25, 0.3) is 5.91 Å². The Kier molecular flexibility index (Phi) is 5.85. The smallest absolute Gasteiger partial charge is 0.254 e. The highest BCUT2D eigenvalue weighted by Crippen LogP contribution is 2.27. The van der Waals surface area contributed by atoms with Crippen molar-refractivity contribution in [1.82, 2.24) is 20.1 Å². The van der Waals surface area contributed by atoms with Gasteiger partial charge in [0.05, 0.1) is 11.8 Å². The third kappa shape index (κ3) is 4.44. The molecule has 8 nitrogen and oxygen atoms in total. The van der Waals surface area contributed by atoms with Crippen LogP contribution in [0, 0.1) is 13.8 Å². The zero-order valence-corrected chi connectivity index (χ0v) is 17.9. The highest BCUT2D eigenvalue weighted by atomic mass is 16.2. The van der Waals surface area contributed by atoms with E-state index in [0.29, 0.717) is 23.6 Å². The van der Waals surface area contributed by atoms with Gasteiger partial charge >= 0.3 is 0 Å². The molecule has 0 saturated carbocycles. The first kappa shape index (κ1) is 21.0. The molecular formula is C24H24N6O2. The maximum atomic E-state index is 12.7. The summed E-state index contributed by atoms with van der Waals surface area (Å²) in [5.41, 5.74) is 10.2. The Balaban J connectivity index is 1.41. The third-order valence-electron chi connectivity index (χ3n) is 5.40. The quantitative estimate of drug-likeness (QED) is 0.436. The van der Waals surface area contributed by atoms with Gasteiger partial charge in [0, 0.05) is 30.0 Å². The molecule has 0 saturated heterocycles. The molecule has 0 aliphatic rings. The molecule has 4 N–H and O–H groups in total. The molecule has 0 aliphatic carbocycles. The number of rotatable bonds is 6. The highest BCUT2D eigenvalue weighted by Gasteiger charge is 2.14. The van der Waals surface area contributed by atoms with Crippen LogP contribution in [0.4, 0.5) is 11.5 Å². The van der Waals surface area contributed by atoms with Gasteiger partial charge in [-0.05, 0) is 60.2 Å². The number of anilines is 2. The van der Waals surface area contributed by atoms with Crippen LogP contribution in [0.1, 0.15) is 27.0 Å². The number of nitrogens with one attached hydrogen (secondary N) is 2. The second-order valence-corrected chi connectivity index (χ2v) is 7.61. The van der Waals surface area contributed by atoms with Gasteiger partial charge in [0.1, 0.15) is 12.4 Å². The number of fused-ring (bicyclic) bond motifs is 1. The predicted molar refractivity (Wildman–Crippen MR) is 124 cm³/mol. The van der Waals surface area contributed by atoms with Crippen molar-refractivity contribution in [3.8, 4) is 0 Å². The molecule has 2 amide bonds. The van der Waals surface area contributed by atoms with Crippen LogP contribution in [0.15, 0.2) is 61.1 Å². The lowest BCUT2D eigenvalue weighted by atomic mass is 9.96. The van der Waals surface area contributed by atoms with Crippen molar-refractivity contribution < 1.29 is 9.59 Å². The van der Waals surface area contributed by atoms with E-state index in [4.69, 9.17) is 5.73 Å². The van der Waals surface area contributed by atoms with E-state index in [-0.39, 0.29) is 18.4 Å². The molecule has 32 heavy (non-hydrogen) atoms. The maximum absolute atomic E-state index is 12.7. The summed E-state index contributed by atoms with van der Waals surface area (Å²) in [6.07, 6.45) is 4.70. The first-order valence-electron chi connectivity index (χ1n) is 10.2. The van der Waals surface area contributed by atoms with Crippen LogP contribution in [0.2, 0.25) is 0 Å². The van der Waals surface area contributed by atoms with Crippen LogP contribution < -0.4 is 16.4 Å². The lowest BCUT2D eigenvalue weighted by Gasteiger charge is -2.14. The number of aryl methyl sites for hydroxylation is 2. The van der Waals surface area contributed by atoms with Gasteiger partial charge in [-0.25, -0.2) is 4.98 Å². The summed E-state index contributed by atoms with van der Waals surface area (Å²) < 4.78 is 1.44. The van der Waals surface area contributed by atoms with Gasteiger partial charge in [-0.2, -0.15) is 5.10 Å². The minimum atomic E-state index is -0.257. The molecule has 8 heteroatoms. The Morgan fingerprint density at radius 3 is 2.66 bits per heavy atom. The molecule has 4 aromatic rings. The summed E-state index contributed by atoms with van der Waals surface area (Å²) >= 11 is 0. The number of para-hydroxylation sites is 1.